The quantitative estimate of drug-likeness (QED) is 0.646. The maximum absolute atomic E-state index is 11.6. The highest BCUT2D eigenvalue weighted by Crippen LogP contribution is 2.31. The maximum atomic E-state index is 11.6. The second kappa shape index (κ2) is 5.92. The summed E-state index contributed by atoms with van der Waals surface area (Å²) < 4.78 is 0. The van der Waals surface area contributed by atoms with Crippen molar-refractivity contribution in [3.63, 3.8) is 0 Å². The largest absolute Gasteiger partial charge is 0.389 e. The van der Waals surface area contributed by atoms with Gasteiger partial charge in [-0.25, -0.2) is 0 Å². The van der Waals surface area contributed by atoms with Crippen molar-refractivity contribution in [2.24, 2.45) is 0 Å². The summed E-state index contributed by atoms with van der Waals surface area (Å²) >= 11 is 0. The van der Waals surface area contributed by atoms with Crippen LogP contribution in [0.2, 0.25) is 0 Å². The average molecular weight is 305 g/mol. The third-order valence-corrected chi connectivity index (χ3v) is 4.31. The van der Waals surface area contributed by atoms with Crippen molar-refractivity contribution >= 4 is 17.3 Å². The molecular formula is C15H19N3O4. The molecule has 0 saturated carbocycles. The van der Waals surface area contributed by atoms with Crippen molar-refractivity contribution in [2.45, 2.75) is 25.4 Å². The lowest BCUT2D eigenvalue weighted by Crippen LogP contribution is -2.40. The van der Waals surface area contributed by atoms with Crippen molar-refractivity contribution in [3.8, 4) is 0 Å². The molecule has 7 nitrogen and oxygen atoms in total. The first-order chi connectivity index (χ1) is 10.5. The first-order valence-electron chi connectivity index (χ1n) is 7.52. The van der Waals surface area contributed by atoms with Crippen molar-refractivity contribution in [3.05, 3.63) is 33.9 Å². The van der Waals surface area contributed by atoms with Crippen LogP contribution in [0.1, 0.15) is 18.4 Å². The maximum Gasteiger partial charge on any atom is 0.271 e. The molecule has 1 fully saturated rings. The van der Waals surface area contributed by atoms with Crippen molar-refractivity contribution < 1.29 is 14.8 Å². The van der Waals surface area contributed by atoms with Gasteiger partial charge >= 0.3 is 0 Å². The van der Waals surface area contributed by atoms with Crippen LogP contribution in [0.25, 0.3) is 0 Å². The van der Waals surface area contributed by atoms with E-state index in [4.69, 9.17) is 0 Å². The van der Waals surface area contributed by atoms with Gasteiger partial charge in [0, 0.05) is 50.4 Å². The van der Waals surface area contributed by atoms with Gasteiger partial charge < -0.3 is 14.9 Å². The van der Waals surface area contributed by atoms with Crippen LogP contribution in [-0.2, 0) is 11.2 Å². The van der Waals surface area contributed by atoms with Crippen molar-refractivity contribution in [1.82, 2.24) is 4.90 Å². The van der Waals surface area contributed by atoms with Gasteiger partial charge in [-0.15, -0.1) is 0 Å². The number of β-amino-alcohol motifs (C(OH)–C–C–N with tert-alkyl or cyclic N) is 1. The highest BCUT2D eigenvalue weighted by Gasteiger charge is 2.27. The Bertz CT molecular complexity index is 604. The van der Waals surface area contributed by atoms with Crippen LogP contribution in [0.15, 0.2) is 18.2 Å². The Kier molecular flexibility index (Phi) is 3.98. The summed E-state index contributed by atoms with van der Waals surface area (Å²) in [6, 6.07) is 4.86. The van der Waals surface area contributed by atoms with Gasteiger partial charge in [0.25, 0.3) is 5.69 Å². The van der Waals surface area contributed by atoms with E-state index in [0.29, 0.717) is 26.1 Å². The number of nitro groups is 1. The molecule has 118 valence electrons. The number of nitro benzene ring substituents is 1. The number of anilines is 1. The monoisotopic (exact) mass is 305 g/mol. The Morgan fingerprint density at radius 2 is 2.00 bits per heavy atom. The van der Waals surface area contributed by atoms with E-state index in [0.717, 1.165) is 30.6 Å². The molecule has 22 heavy (non-hydrogen) atoms. The second-order valence-corrected chi connectivity index (χ2v) is 5.86. The zero-order valence-electron chi connectivity index (χ0n) is 12.3. The Balaban J connectivity index is 1.66. The predicted molar refractivity (Wildman–Crippen MR) is 80.8 cm³/mol. The van der Waals surface area contributed by atoms with Gasteiger partial charge in [-0.1, -0.05) is 6.07 Å². The number of nitrogens with zero attached hydrogens (tertiary/aromatic N) is 3. The fraction of sp³-hybridized carbons (Fsp3) is 0.533. The standard InChI is InChI=1S/C15H19N3O4/c19-13(10-17-6-1-2-15(17)20)9-16-7-5-11-3-4-12(18(21)22)8-14(11)16/h3-4,8,13,19H,1-2,5-7,9-10H2/t13-/m1/s1. The van der Waals surface area contributed by atoms with Crippen LogP contribution in [0.3, 0.4) is 0 Å². The summed E-state index contributed by atoms with van der Waals surface area (Å²) in [4.78, 5) is 25.7. The lowest BCUT2D eigenvalue weighted by molar-refractivity contribution is -0.384. The predicted octanol–water partition coefficient (Wildman–Crippen LogP) is 0.941. The molecule has 0 spiro atoms. The van der Waals surface area contributed by atoms with E-state index >= 15 is 0 Å². The average Bonchev–Trinajstić information content (AvgIpc) is 3.06. The van der Waals surface area contributed by atoms with Crippen LogP contribution in [-0.4, -0.2) is 53.1 Å². The van der Waals surface area contributed by atoms with Gasteiger partial charge in [0.05, 0.1) is 11.0 Å². The van der Waals surface area contributed by atoms with Crippen molar-refractivity contribution in [2.75, 3.05) is 31.1 Å². The van der Waals surface area contributed by atoms with E-state index in [9.17, 15) is 20.0 Å². The molecule has 0 radical (unpaired) electrons. The van der Waals surface area contributed by atoms with Gasteiger partial charge in [-0.05, 0) is 18.4 Å². The molecular weight excluding hydrogens is 286 g/mol. The van der Waals surface area contributed by atoms with Crippen LogP contribution >= 0.6 is 0 Å². The topological polar surface area (TPSA) is 86.9 Å². The number of rotatable bonds is 5. The van der Waals surface area contributed by atoms with Gasteiger partial charge in [0.2, 0.25) is 5.91 Å². The van der Waals surface area contributed by atoms with Gasteiger partial charge in [-0.3, -0.25) is 14.9 Å². The fourth-order valence-electron chi connectivity index (χ4n) is 3.20. The number of amides is 1. The number of aliphatic hydroxyl groups is 1. The molecule has 1 saturated heterocycles. The molecule has 0 aromatic heterocycles. The Labute approximate surface area is 128 Å². The molecule has 2 heterocycles. The molecule has 0 unspecified atom stereocenters. The molecule has 7 heteroatoms. The van der Waals surface area contributed by atoms with E-state index in [-0.39, 0.29) is 11.6 Å². The SMILES string of the molecule is O=C1CCCN1C[C@H](O)CN1CCc2ccc([N+](=O)[O-])cc21. The summed E-state index contributed by atoms with van der Waals surface area (Å²) in [6.07, 6.45) is 1.59. The van der Waals surface area contributed by atoms with Gasteiger partial charge in [-0.2, -0.15) is 0 Å². The number of non-ortho nitro benzene ring substituents is 1. The number of hydrogen-bond acceptors (Lipinski definition) is 5. The van der Waals surface area contributed by atoms with Gasteiger partial charge in [0.1, 0.15) is 0 Å². The lowest BCUT2D eigenvalue weighted by atomic mass is 10.1. The van der Waals surface area contributed by atoms with Crippen LogP contribution in [0.5, 0.6) is 0 Å². The summed E-state index contributed by atoms with van der Waals surface area (Å²) in [5.74, 6) is 0.0940. The van der Waals surface area contributed by atoms with E-state index in [2.05, 4.69) is 0 Å². The van der Waals surface area contributed by atoms with Gasteiger partial charge in [0.15, 0.2) is 0 Å². The first-order valence-corrected chi connectivity index (χ1v) is 7.52. The smallest absolute Gasteiger partial charge is 0.271 e. The van der Waals surface area contributed by atoms with E-state index < -0.39 is 11.0 Å². The van der Waals surface area contributed by atoms with Crippen molar-refractivity contribution in [1.29, 1.82) is 0 Å². The minimum absolute atomic E-state index is 0.0647. The molecule has 2 aliphatic heterocycles. The molecule has 1 aromatic carbocycles. The number of likely N-dealkylation sites (tertiary alicyclic amines) is 1. The normalized spacial score (nSPS) is 18.7. The molecule has 2 aliphatic rings. The highest BCUT2D eigenvalue weighted by molar-refractivity contribution is 5.78. The Hall–Kier alpha value is -2.15. The fourth-order valence-corrected chi connectivity index (χ4v) is 3.20. The number of fused-ring (bicyclic) bond motifs is 1. The van der Waals surface area contributed by atoms with Crippen LogP contribution < -0.4 is 4.90 Å². The highest BCUT2D eigenvalue weighted by atomic mass is 16.6. The molecule has 1 atom stereocenters. The minimum Gasteiger partial charge on any atom is -0.389 e. The number of carbonyl (C=O) groups is 1. The number of aliphatic hydroxyl groups excluding tert-OH is 1. The van der Waals surface area contributed by atoms with E-state index in [1.54, 1.807) is 17.0 Å². The zero-order chi connectivity index (χ0) is 15.7. The zero-order valence-corrected chi connectivity index (χ0v) is 12.3. The molecule has 1 N–H and O–H groups in total. The summed E-state index contributed by atoms with van der Waals surface area (Å²) in [5, 5.41) is 21.1. The number of hydrogen-bond donors (Lipinski definition) is 1. The third kappa shape index (κ3) is 2.89. The molecule has 1 amide bonds. The van der Waals surface area contributed by atoms with E-state index in [1.165, 1.54) is 6.07 Å². The summed E-state index contributed by atoms with van der Waals surface area (Å²) in [6.45, 7) is 2.16. The summed E-state index contributed by atoms with van der Waals surface area (Å²) in [7, 11) is 0. The second-order valence-electron chi connectivity index (χ2n) is 5.86. The minimum atomic E-state index is -0.646. The summed E-state index contributed by atoms with van der Waals surface area (Å²) in [5.41, 5.74) is 1.95. The first kappa shape index (κ1) is 14.8. The molecule has 3 rings (SSSR count). The number of benzene rings is 1. The molecule has 0 aliphatic carbocycles. The third-order valence-electron chi connectivity index (χ3n) is 4.31. The Morgan fingerprint density at radius 3 is 2.68 bits per heavy atom. The van der Waals surface area contributed by atoms with E-state index in [1.807, 2.05) is 4.90 Å². The number of carbonyl (C=O) groups excluding carboxylic acids is 1. The lowest BCUT2D eigenvalue weighted by Gasteiger charge is -2.26. The van der Waals surface area contributed by atoms with Crippen LogP contribution in [0.4, 0.5) is 11.4 Å². The van der Waals surface area contributed by atoms with Crippen LogP contribution in [0, 0.1) is 10.1 Å². The molecule has 1 aromatic rings. The molecule has 0 bridgehead atoms. The Morgan fingerprint density at radius 1 is 1.23 bits per heavy atom.